The molecule has 176 valence electrons. The number of ether oxygens (including phenoxy) is 3. The fourth-order valence-electron chi connectivity index (χ4n) is 4.44. The minimum atomic E-state index is 0. The number of thioether (sulfide) groups is 1. The molecule has 1 unspecified atom stereocenters. The molecule has 0 aliphatic carbocycles. The molecule has 3 fully saturated rings. The number of guanidine groups is 1. The molecule has 0 saturated carbocycles. The summed E-state index contributed by atoms with van der Waals surface area (Å²) in [5.41, 5.74) is 0.206. The van der Waals surface area contributed by atoms with Gasteiger partial charge in [0.25, 0.3) is 0 Å². The second kappa shape index (κ2) is 14.4. The fourth-order valence-corrected chi connectivity index (χ4v) is 5.91. The van der Waals surface area contributed by atoms with E-state index >= 15 is 0 Å². The third-order valence-corrected chi connectivity index (χ3v) is 7.44. The summed E-state index contributed by atoms with van der Waals surface area (Å²) in [5.74, 6) is 3.51. The molecule has 0 aromatic carbocycles. The van der Waals surface area contributed by atoms with Gasteiger partial charge in [0.2, 0.25) is 0 Å². The number of methoxy groups -OCH3 is 1. The molecule has 0 aromatic heterocycles. The zero-order valence-electron chi connectivity index (χ0n) is 18.8. The van der Waals surface area contributed by atoms with Gasteiger partial charge in [0.15, 0.2) is 5.96 Å². The van der Waals surface area contributed by atoms with Gasteiger partial charge >= 0.3 is 0 Å². The molecular formula is C21H41IN4O3S. The lowest BCUT2D eigenvalue weighted by atomic mass is 9.96. The van der Waals surface area contributed by atoms with E-state index in [-0.39, 0.29) is 29.5 Å². The molecule has 9 heteroatoms. The smallest absolute Gasteiger partial charge is 0.193 e. The van der Waals surface area contributed by atoms with Gasteiger partial charge in [-0.25, -0.2) is 0 Å². The second-order valence-electron chi connectivity index (χ2n) is 8.20. The van der Waals surface area contributed by atoms with Crippen LogP contribution in [0.2, 0.25) is 0 Å². The number of hydrogen-bond donors (Lipinski definition) is 1. The normalized spacial score (nSPS) is 26.6. The fraction of sp³-hybridized carbons (Fsp3) is 0.952. The van der Waals surface area contributed by atoms with Crippen molar-refractivity contribution in [2.24, 2.45) is 4.99 Å². The van der Waals surface area contributed by atoms with Gasteiger partial charge in [-0.05, 0) is 38.4 Å². The molecule has 0 spiro atoms. The van der Waals surface area contributed by atoms with Crippen molar-refractivity contribution in [2.45, 2.75) is 44.2 Å². The van der Waals surface area contributed by atoms with Crippen LogP contribution in [0.5, 0.6) is 0 Å². The molecule has 3 saturated heterocycles. The van der Waals surface area contributed by atoms with E-state index in [1.54, 1.807) is 7.11 Å². The number of halogens is 1. The van der Waals surface area contributed by atoms with E-state index in [4.69, 9.17) is 19.2 Å². The van der Waals surface area contributed by atoms with Crippen molar-refractivity contribution in [1.82, 2.24) is 15.1 Å². The Hall–Kier alpha value is 0.190. The van der Waals surface area contributed by atoms with Crippen LogP contribution in [0.4, 0.5) is 0 Å². The highest BCUT2D eigenvalue weighted by Gasteiger charge is 2.40. The molecule has 0 amide bonds. The highest BCUT2D eigenvalue weighted by molar-refractivity contribution is 14.0. The topological polar surface area (TPSA) is 58.6 Å². The van der Waals surface area contributed by atoms with Gasteiger partial charge in [0, 0.05) is 58.8 Å². The summed E-state index contributed by atoms with van der Waals surface area (Å²) in [6.07, 6.45) is 4.72. The molecule has 0 aromatic rings. The molecule has 30 heavy (non-hydrogen) atoms. The van der Waals surface area contributed by atoms with Gasteiger partial charge in [-0.15, -0.1) is 24.0 Å². The minimum absolute atomic E-state index is 0. The van der Waals surface area contributed by atoms with Crippen molar-refractivity contribution >= 4 is 41.7 Å². The Balaban J connectivity index is 0.00000320. The quantitative estimate of drug-likeness (QED) is 0.203. The Morgan fingerprint density at radius 3 is 2.60 bits per heavy atom. The molecule has 3 rings (SSSR count). The number of nitrogens with one attached hydrogen (secondary N) is 1. The maximum atomic E-state index is 6.02. The largest absolute Gasteiger partial charge is 0.385 e. The van der Waals surface area contributed by atoms with Crippen molar-refractivity contribution in [2.75, 3.05) is 84.3 Å². The third-order valence-electron chi connectivity index (χ3n) is 6.21. The molecule has 3 aliphatic heterocycles. The summed E-state index contributed by atoms with van der Waals surface area (Å²) >= 11 is 2.08. The van der Waals surface area contributed by atoms with Crippen LogP contribution in [-0.2, 0) is 14.2 Å². The first kappa shape index (κ1) is 26.4. The number of aliphatic imine (C=N–C) groups is 1. The maximum absolute atomic E-state index is 6.02. The number of nitrogens with zero attached hydrogens (tertiary/aromatic N) is 3. The predicted molar refractivity (Wildman–Crippen MR) is 135 cm³/mol. The Labute approximate surface area is 204 Å². The van der Waals surface area contributed by atoms with Gasteiger partial charge in [-0.3, -0.25) is 9.89 Å². The van der Waals surface area contributed by atoms with E-state index in [9.17, 15) is 0 Å². The van der Waals surface area contributed by atoms with Crippen LogP contribution in [0, 0.1) is 0 Å². The van der Waals surface area contributed by atoms with Crippen molar-refractivity contribution < 1.29 is 14.2 Å². The summed E-state index contributed by atoms with van der Waals surface area (Å²) < 4.78 is 16.7. The van der Waals surface area contributed by atoms with Crippen LogP contribution >= 0.6 is 35.7 Å². The van der Waals surface area contributed by atoms with E-state index in [1.807, 2.05) is 0 Å². The lowest BCUT2D eigenvalue weighted by molar-refractivity contribution is -0.0106. The zero-order chi connectivity index (χ0) is 20.4. The lowest BCUT2D eigenvalue weighted by Crippen LogP contribution is -2.56. The lowest BCUT2D eigenvalue weighted by Gasteiger charge is -2.42. The highest BCUT2D eigenvalue weighted by Crippen LogP contribution is 2.34. The summed E-state index contributed by atoms with van der Waals surface area (Å²) in [4.78, 5) is 10.2. The van der Waals surface area contributed by atoms with Gasteiger partial charge in [0.05, 0.1) is 31.4 Å². The molecular weight excluding hydrogens is 515 g/mol. The van der Waals surface area contributed by atoms with E-state index in [2.05, 4.69) is 33.8 Å². The van der Waals surface area contributed by atoms with Crippen molar-refractivity contribution in [1.29, 1.82) is 0 Å². The zero-order valence-corrected chi connectivity index (χ0v) is 21.9. The van der Waals surface area contributed by atoms with Crippen LogP contribution in [0.3, 0.4) is 0 Å². The molecule has 3 heterocycles. The van der Waals surface area contributed by atoms with Crippen LogP contribution in [0.1, 0.15) is 32.6 Å². The second-order valence-corrected chi connectivity index (χ2v) is 9.31. The van der Waals surface area contributed by atoms with E-state index in [1.165, 1.54) is 17.9 Å². The molecule has 3 aliphatic rings. The van der Waals surface area contributed by atoms with E-state index < -0.39 is 0 Å². The number of hydrogen-bond acceptors (Lipinski definition) is 6. The van der Waals surface area contributed by atoms with Crippen molar-refractivity contribution in [3.63, 3.8) is 0 Å². The maximum Gasteiger partial charge on any atom is 0.193 e. The number of piperidine rings is 1. The van der Waals surface area contributed by atoms with E-state index in [0.717, 1.165) is 90.9 Å². The first-order chi connectivity index (χ1) is 14.3. The first-order valence-electron chi connectivity index (χ1n) is 11.3. The van der Waals surface area contributed by atoms with Crippen LogP contribution in [-0.4, -0.2) is 112 Å². The SMILES string of the molecule is CCNC(=NCC1(N2CCOCC2)CCSC1)N1CCC(OCCCOC)CC1.I. The van der Waals surface area contributed by atoms with Crippen molar-refractivity contribution in [3.05, 3.63) is 0 Å². The Morgan fingerprint density at radius 2 is 1.97 bits per heavy atom. The van der Waals surface area contributed by atoms with Crippen LogP contribution in [0.15, 0.2) is 4.99 Å². The Morgan fingerprint density at radius 1 is 1.20 bits per heavy atom. The third kappa shape index (κ3) is 7.65. The average molecular weight is 557 g/mol. The summed E-state index contributed by atoms with van der Waals surface area (Å²) in [6.45, 7) is 11.3. The molecule has 1 N–H and O–H groups in total. The number of rotatable bonds is 9. The Kier molecular flexibility index (Phi) is 12.7. The standard InChI is InChI=1S/C21H40N4O3S.HI/c1-3-22-20(24-8-5-19(6-9-24)28-13-4-12-26-2)23-17-21(7-16-29-18-21)25-10-14-27-15-11-25;/h19H,3-18H2,1-2H3,(H,22,23);1H. The predicted octanol–water partition coefficient (Wildman–Crippen LogP) is 2.30. The molecule has 1 atom stereocenters. The average Bonchev–Trinajstić information content (AvgIpc) is 3.26. The first-order valence-corrected chi connectivity index (χ1v) is 12.5. The monoisotopic (exact) mass is 556 g/mol. The van der Waals surface area contributed by atoms with Gasteiger partial charge < -0.3 is 24.4 Å². The van der Waals surface area contributed by atoms with E-state index in [0.29, 0.717) is 6.10 Å². The highest BCUT2D eigenvalue weighted by atomic mass is 127. The van der Waals surface area contributed by atoms with Gasteiger partial charge in [-0.1, -0.05) is 0 Å². The molecule has 0 radical (unpaired) electrons. The Bertz CT molecular complexity index is 495. The summed E-state index contributed by atoms with van der Waals surface area (Å²) in [7, 11) is 1.74. The number of likely N-dealkylation sites (tertiary alicyclic amines) is 1. The molecule has 7 nitrogen and oxygen atoms in total. The molecule has 0 bridgehead atoms. The van der Waals surface area contributed by atoms with Crippen molar-refractivity contribution in [3.8, 4) is 0 Å². The van der Waals surface area contributed by atoms with Gasteiger partial charge in [-0.2, -0.15) is 11.8 Å². The van der Waals surface area contributed by atoms with Gasteiger partial charge in [0.1, 0.15) is 0 Å². The van der Waals surface area contributed by atoms with Crippen LogP contribution < -0.4 is 5.32 Å². The minimum Gasteiger partial charge on any atom is -0.385 e. The van der Waals surface area contributed by atoms with Crippen LogP contribution in [0.25, 0.3) is 0 Å². The number of morpholine rings is 1. The summed E-state index contributed by atoms with van der Waals surface area (Å²) in [5, 5.41) is 3.54. The summed E-state index contributed by atoms with van der Waals surface area (Å²) in [6, 6.07) is 0.